The van der Waals surface area contributed by atoms with Crippen LogP contribution in [-0.4, -0.2) is 25.7 Å². The molecule has 8 nitrogen and oxygen atoms in total. The maximum atomic E-state index is 12.5. The Morgan fingerprint density at radius 3 is 2.87 bits per heavy atom. The molecule has 0 saturated heterocycles. The summed E-state index contributed by atoms with van der Waals surface area (Å²) in [7, 11) is 0. The molecule has 3 aromatic rings. The van der Waals surface area contributed by atoms with Gasteiger partial charge in [-0.25, -0.2) is 4.98 Å². The molecule has 1 aliphatic rings. The number of nitrogens with two attached hydrogens (primary N) is 2. The summed E-state index contributed by atoms with van der Waals surface area (Å²) in [5, 5.41) is 11.2. The van der Waals surface area contributed by atoms with Crippen LogP contribution in [0.25, 0.3) is 17.0 Å². The lowest BCUT2D eigenvalue weighted by atomic mass is 10.1. The molecule has 8 heteroatoms. The highest BCUT2D eigenvalue weighted by molar-refractivity contribution is 5.93. The number of pyridine rings is 1. The van der Waals surface area contributed by atoms with E-state index in [-0.39, 0.29) is 12.3 Å². The Balaban J connectivity index is 1.46. The normalized spacial score (nSPS) is 14.2. The lowest BCUT2D eigenvalue weighted by Gasteiger charge is -2.08. The Morgan fingerprint density at radius 1 is 1.27 bits per heavy atom. The first-order chi connectivity index (χ1) is 14.6. The molecule has 0 unspecified atom stereocenters. The number of amides is 1. The number of carbonyl (C=O) groups excluding carboxylic acids is 1. The number of hydrogen-bond acceptors (Lipinski definition) is 6. The van der Waals surface area contributed by atoms with E-state index in [0.29, 0.717) is 17.5 Å². The molecule has 152 valence electrons. The third-order valence-corrected chi connectivity index (χ3v) is 4.82. The topological polar surface area (TPSA) is 125 Å². The van der Waals surface area contributed by atoms with Crippen molar-refractivity contribution in [2.45, 2.75) is 25.3 Å². The van der Waals surface area contributed by atoms with Crippen molar-refractivity contribution in [2.75, 3.05) is 11.1 Å². The molecule has 30 heavy (non-hydrogen) atoms. The second-order valence-electron chi connectivity index (χ2n) is 7.12. The molecule has 4 rings (SSSR count). The third kappa shape index (κ3) is 4.54. The van der Waals surface area contributed by atoms with Gasteiger partial charge in [-0.3, -0.25) is 4.79 Å². The average molecular weight is 401 g/mol. The van der Waals surface area contributed by atoms with Crippen LogP contribution in [0, 0.1) is 0 Å². The van der Waals surface area contributed by atoms with E-state index in [9.17, 15) is 4.79 Å². The van der Waals surface area contributed by atoms with E-state index >= 15 is 0 Å². The number of nitrogens with zero attached hydrogens (tertiary/aromatic N) is 4. The minimum Gasteiger partial charge on any atom is -0.405 e. The molecule has 1 amide bonds. The number of anilines is 2. The van der Waals surface area contributed by atoms with E-state index < -0.39 is 0 Å². The zero-order chi connectivity index (χ0) is 20.9. The van der Waals surface area contributed by atoms with Gasteiger partial charge in [0, 0.05) is 29.9 Å². The zero-order valence-corrected chi connectivity index (χ0v) is 16.4. The van der Waals surface area contributed by atoms with Gasteiger partial charge in [0.1, 0.15) is 12.1 Å². The van der Waals surface area contributed by atoms with E-state index in [1.807, 2.05) is 30.3 Å². The first kappa shape index (κ1) is 19.4. The van der Waals surface area contributed by atoms with Crippen molar-refractivity contribution in [3.8, 4) is 11.4 Å². The van der Waals surface area contributed by atoms with Crippen molar-refractivity contribution in [1.82, 2.24) is 19.7 Å². The van der Waals surface area contributed by atoms with Gasteiger partial charge in [0.25, 0.3) is 0 Å². The predicted molar refractivity (Wildman–Crippen MR) is 117 cm³/mol. The monoisotopic (exact) mass is 401 g/mol. The van der Waals surface area contributed by atoms with Gasteiger partial charge in [-0.15, -0.1) is 10.2 Å². The van der Waals surface area contributed by atoms with Crippen LogP contribution >= 0.6 is 0 Å². The minimum absolute atomic E-state index is 0.137. The summed E-state index contributed by atoms with van der Waals surface area (Å²) in [5.41, 5.74) is 14.4. The Bertz CT molecular complexity index is 1090. The van der Waals surface area contributed by atoms with E-state index in [1.54, 1.807) is 30.7 Å². The molecule has 1 saturated carbocycles. The summed E-state index contributed by atoms with van der Waals surface area (Å²) >= 11 is 0. The van der Waals surface area contributed by atoms with Crippen LogP contribution in [-0.2, 0) is 4.79 Å². The van der Waals surface area contributed by atoms with Crippen LogP contribution < -0.4 is 16.8 Å². The van der Waals surface area contributed by atoms with E-state index in [2.05, 4.69) is 25.1 Å². The van der Waals surface area contributed by atoms with Crippen molar-refractivity contribution >= 4 is 23.0 Å². The first-order valence-electron chi connectivity index (χ1n) is 9.74. The van der Waals surface area contributed by atoms with Gasteiger partial charge in [0.05, 0.1) is 0 Å². The quantitative estimate of drug-likeness (QED) is 0.522. The number of nitrogens with one attached hydrogen (secondary N) is 1. The van der Waals surface area contributed by atoms with Gasteiger partial charge in [0.15, 0.2) is 5.82 Å². The number of aromatic nitrogens is 4. The van der Waals surface area contributed by atoms with Crippen molar-refractivity contribution in [3.05, 3.63) is 72.8 Å². The molecule has 2 heterocycles. The molecule has 5 N–H and O–H groups in total. The van der Waals surface area contributed by atoms with Crippen LogP contribution in [0.15, 0.2) is 67.3 Å². The number of carbonyl (C=O) groups is 1. The lowest BCUT2D eigenvalue weighted by Crippen LogP contribution is -2.10. The predicted octanol–water partition coefficient (Wildman–Crippen LogP) is 3.14. The van der Waals surface area contributed by atoms with Crippen LogP contribution in [0.1, 0.15) is 30.9 Å². The molecule has 0 aliphatic heterocycles. The fourth-order valence-electron chi connectivity index (χ4n) is 3.18. The molecule has 2 aromatic heterocycles. The van der Waals surface area contributed by atoms with E-state index in [4.69, 9.17) is 11.5 Å². The summed E-state index contributed by atoms with van der Waals surface area (Å²) in [5.74, 6) is 1.12. The highest BCUT2D eigenvalue weighted by Crippen LogP contribution is 2.37. The third-order valence-electron chi connectivity index (χ3n) is 4.82. The Kier molecular flexibility index (Phi) is 5.56. The Morgan fingerprint density at radius 2 is 2.13 bits per heavy atom. The SMILES string of the molecule is N/C=C\C(=C/CC(=O)Nc1cccc(-c2nncn2C2CC2)c1)c1ccc(N)nc1. The number of nitrogen functional groups attached to an aromatic ring is 1. The zero-order valence-electron chi connectivity index (χ0n) is 16.4. The summed E-state index contributed by atoms with van der Waals surface area (Å²) in [4.78, 5) is 16.6. The number of benzene rings is 1. The first-order valence-corrected chi connectivity index (χ1v) is 9.74. The summed E-state index contributed by atoms with van der Waals surface area (Å²) in [6.45, 7) is 0. The second-order valence-corrected chi connectivity index (χ2v) is 7.12. The van der Waals surface area contributed by atoms with Gasteiger partial charge in [0.2, 0.25) is 5.91 Å². The van der Waals surface area contributed by atoms with Gasteiger partial charge < -0.3 is 21.4 Å². The maximum Gasteiger partial charge on any atom is 0.228 e. The molecule has 1 aromatic carbocycles. The second kappa shape index (κ2) is 8.60. The number of hydrogen-bond donors (Lipinski definition) is 3. The molecular weight excluding hydrogens is 378 g/mol. The average Bonchev–Trinajstić information content (AvgIpc) is 3.48. The summed E-state index contributed by atoms with van der Waals surface area (Å²) in [6.07, 6.45) is 10.9. The van der Waals surface area contributed by atoms with E-state index in [0.717, 1.165) is 35.4 Å². The van der Waals surface area contributed by atoms with Crippen molar-refractivity contribution in [3.63, 3.8) is 0 Å². The minimum atomic E-state index is -0.137. The van der Waals surface area contributed by atoms with Crippen molar-refractivity contribution < 1.29 is 4.79 Å². The van der Waals surface area contributed by atoms with Crippen LogP contribution in [0.2, 0.25) is 0 Å². The Labute approximate surface area is 174 Å². The maximum absolute atomic E-state index is 12.5. The fraction of sp³-hybridized carbons (Fsp3) is 0.182. The smallest absolute Gasteiger partial charge is 0.228 e. The highest BCUT2D eigenvalue weighted by Gasteiger charge is 2.26. The lowest BCUT2D eigenvalue weighted by molar-refractivity contribution is -0.115. The largest absolute Gasteiger partial charge is 0.405 e. The number of rotatable bonds is 7. The van der Waals surface area contributed by atoms with Crippen molar-refractivity contribution in [2.24, 2.45) is 5.73 Å². The Hall–Kier alpha value is -3.94. The molecule has 0 atom stereocenters. The molecule has 0 spiro atoms. The number of allylic oxidation sites excluding steroid dienone is 2. The van der Waals surface area contributed by atoms with Gasteiger partial charge >= 0.3 is 0 Å². The van der Waals surface area contributed by atoms with Crippen LogP contribution in [0.5, 0.6) is 0 Å². The molecule has 0 radical (unpaired) electrons. The van der Waals surface area contributed by atoms with Gasteiger partial charge in [-0.1, -0.05) is 18.2 Å². The standard InChI is InChI=1S/C22H23N7O/c23-11-10-15(17-4-8-20(24)25-13-17)5-9-21(30)27-18-3-1-2-16(12-18)22-28-26-14-29(22)19-6-7-19/h1-5,8,10-14,19H,6-7,9,23H2,(H2,24,25)(H,27,30)/b11-10-,15-5+. The fourth-order valence-corrected chi connectivity index (χ4v) is 3.18. The van der Waals surface area contributed by atoms with Gasteiger partial charge in [-0.2, -0.15) is 0 Å². The van der Waals surface area contributed by atoms with E-state index in [1.165, 1.54) is 6.20 Å². The van der Waals surface area contributed by atoms with Gasteiger partial charge in [-0.05, 0) is 60.5 Å². The summed E-state index contributed by atoms with van der Waals surface area (Å²) < 4.78 is 2.09. The van der Waals surface area contributed by atoms with Crippen LogP contribution in [0.3, 0.4) is 0 Å². The molecule has 1 fully saturated rings. The van der Waals surface area contributed by atoms with Crippen molar-refractivity contribution in [1.29, 1.82) is 0 Å². The molecular formula is C22H23N7O. The van der Waals surface area contributed by atoms with Crippen LogP contribution in [0.4, 0.5) is 11.5 Å². The summed E-state index contributed by atoms with van der Waals surface area (Å²) in [6, 6.07) is 11.7. The molecule has 0 bridgehead atoms. The molecule has 1 aliphatic carbocycles. The highest BCUT2D eigenvalue weighted by atomic mass is 16.1.